The van der Waals surface area contributed by atoms with Gasteiger partial charge in [0.15, 0.2) is 11.5 Å². The van der Waals surface area contributed by atoms with E-state index in [1.807, 2.05) is 60.7 Å². The van der Waals surface area contributed by atoms with Crippen LogP contribution in [-0.4, -0.2) is 37.0 Å². The van der Waals surface area contributed by atoms with Gasteiger partial charge in [0.2, 0.25) is 5.91 Å². The second kappa shape index (κ2) is 10.3. The first-order chi connectivity index (χ1) is 17.1. The zero-order valence-electron chi connectivity index (χ0n) is 20.0. The molecule has 182 valence electrons. The molecule has 3 aromatic carbocycles. The van der Waals surface area contributed by atoms with Gasteiger partial charge in [0, 0.05) is 30.7 Å². The number of nitrogens with zero attached hydrogens (tertiary/aromatic N) is 1. The molecule has 0 radical (unpaired) electrons. The molecule has 0 bridgehead atoms. The number of nitrogens with one attached hydrogen (secondary N) is 1. The van der Waals surface area contributed by atoms with Crippen LogP contribution in [0.25, 0.3) is 0 Å². The van der Waals surface area contributed by atoms with Gasteiger partial charge in [0.25, 0.3) is 0 Å². The molecule has 0 unspecified atom stereocenters. The second-order valence-electron chi connectivity index (χ2n) is 9.51. The summed E-state index contributed by atoms with van der Waals surface area (Å²) in [5.74, 6) is 2.38. The molecule has 2 fully saturated rings. The lowest BCUT2D eigenvalue weighted by molar-refractivity contribution is -0.124. The first kappa shape index (κ1) is 23.7. The van der Waals surface area contributed by atoms with Gasteiger partial charge in [-0.3, -0.25) is 9.69 Å². The van der Waals surface area contributed by atoms with Crippen LogP contribution in [-0.2, 0) is 16.8 Å². The Kier molecular flexibility index (Phi) is 6.98. The fraction of sp³-hybridized carbons (Fsp3) is 0.345. The number of halogens is 1. The van der Waals surface area contributed by atoms with E-state index >= 15 is 0 Å². The number of piperidine rings is 1. The molecule has 6 heteroatoms. The standard InChI is InChI=1S/C29H31ClN2O3/c1-34-26-7-2-3-8-27(26)35-25-6-4-5-21(19-25)20-32-17-13-24(14-18-32)31-28(33)29(15-16-29)22-9-11-23(30)12-10-22/h2-12,19,24H,13-18,20H2,1H3,(H,31,33). The Morgan fingerprint density at radius 1 is 1.00 bits per heavy atom. The Hall–Kier alpha value is -3.02. The molecular formula is C29H31ClN2O3. The molecule has 0 spiro atoms. The molecule has 1 amide bonds. The molecule has 1 heterocycles. The summed E-state index contributed by atoms with van der Waals surface area (Å²) in [6.07, 6.45) is 3.73. The molecule has 35 heavy (non-hydrogen) atoms. The van der Waals surface area contributed by atoms with Crippen molar-refractivity contribution < 1.29 is 14.3 Å². The van der Waals surface area contributed by atoms with Gasteiger partial charge in [-0.1, -0.05) is 48.0 Å². The third-order valence-corrected chi connectivity index (χ3v) is 7.36. The molecule has 1 aliphatic heterocycles. The van der Waals surface area contributed by atoms with Crippen molar-refractivity contribution in [2.45, 2.75) is 43.7 Å². The predicted molar refractivity (Wildman–Crippen MR) is 138 cm³/mol. The zero-order valence-corrected chi connectivity index (χ0v) is 20.8. The SMILES string of the molecule is COc1ccccc1Oc1cccc(CN2CCC(NC(=O)C3(c4ccc(Cl)cc4)CC3)CC2)c1. The van der Waals surface area contributed by atoms with Crippen LogP contribution in [0.5, 0.6) is 17.2 Å². The van der Waals surface area contributed by atoms with Crippen LogP contribution in [0.4, 0.5) is 0 Å². The summed E-state index contributed by atoms with van der Waals surface area (Å²) in [6, 6.07) is 23.8. The van der Waals surface area contributed by atoms with Gasteiger partial charge in [0.05, 0.1) is 12.5 Å². The van der Waals surface area contributed by atoms with Crippen LogP contribution in [0.15, 0.2) is 72.8 Å². The quantitative estimate of drug-likeness (QED) is 0.423. The van der Waals surface area contributed by atoms with Gasteiger partial charge in [-0.15, -0.1) is 0 Å². The number of likely N-dealkylation sites (tertiary alicyclic amines) is 1. The van der Waals surface area contributed by atoms with Crippen molar-refractivity contribution in [2.75, 3.05) is 20.2 Å². The average molecular weight is 491 g/mol. The molecule has 0 aromatic heterocycles. The van der Waals surface area contributed by atoms with Crippen molar-refractivity contribution in [3.05, 3.63) is 88.9 Å². The maximum absolute atomic E-state index is 13.1. The molecule has 5 nitrogen and oxygen atoms in total. The van der Waals surface area contributed by atoms with Crippen LogP contribution >= 0.6 is 11.6 Å². The number of carbonyl (C=O) groups excluding carboxylic acids is 1. The van der Waals surface area contributed by atoms with Crippen molar-refractivity contribution in [1.82, 2.24) is 10.2 Å². The Bertz CT molecular complexity index is 1170. The summed E-state index contributed by atoms with van der Waals surface area (Å²) < 4.78 is 11.5. The van der Waals surface area contributed by atoms with Gasteiger partial charge in [-0.25, -0.2) is 0 Å². The minimum absolute atomic E-state index is 0.166. The molecule has 2 aliphatic rings. The van der Waals surface area contributed by atoms with E-state index < -0.39 is 0 Å². The maximum atomic E-state index is 13.1. The average Bonchev–Trinajstić information content (AvgIpc) is 3.69. The van der Waals surface area contributed by atoms with E-state index in [1.165, 1.54) is 5.56 Å². The molecular weight excluding hydrogens is 460 g/mol. The van der Waals surface area contributed by atoms with Gasteiger partial charge >= 0.3 is 0 Å². The molecule has 1 aliphatic carbocycles. The summed E-state index contributed by atoms with van der Waals surface area (Å²) in [5.41, 5.74) is 1.93. The van der Waals surface area contributed by atoms with E-state index in [2.05, 4.69) is 22.3 Å². The van der Waals surface area contributed by atoms with Crippen molar-refractivity contribution in [2.24, 2.45) is 0 Å². The highest BCUT2D eigenvalue weighted by molar-refractivity contribution is 6.30. The highest BCUT2D eigenvalue weighted by Gasteiger charge is 2.51. The number of rotatable bonds is 8. The minimum atomic E-state index is -0.358. The minimum Gasteiger partial charge on any atom is -0.493 e. The molecule has 3 aromatic rings. The van der Waals surface area contributed by atoms with Gasteiger partial charge in [-0.05, 0) is 73.2 Å². The van der Waals surface area contributed by atoms with Crippen LogP contribution in [0.1, 0.15) is 36.8 Å². The van der Waals surface area contributed by atoms with E-state index in [0.29, 0.717) is 16.5 Å². The normalized spacial score (nSPS) is 17.5. The van der Waals surface area contributed by atoms with Crippen molar-refractivity contribution in [3.63, 3.8) is 0 Å². The van der Waals surface area contributed by atoms with E-state index in [1.54, 1.807) is 7.11 Å². The first-order valence-electron chi connectivity index (χ1n) is 12.2. The summed E-state index contributed by atoms with van der Waals surface area (Å²) in [4.78, 5) is 15.5. The smallest absolute Gasteiger partial charge is 0.230 e. The van der Waals surface area contributed by atoms with Crippen LogP contribution in [0, 0.1) is 0 Å². The lowest BCUT2D eigenvalue weighted by atomic mass is 9.94. The third kappa shape index (κ3) is 5.47. The Balaban J connectivity index is 1.13. The van der Waals surface area contributed by atoms with E-state index in [9.17, 15) is 4.79 Å². The molecule has 5 rings (SSSR count). The number of para-hydroxylation sites is 2. The van der Waals surface area contributed by atoms with Gasteiger partial charge in [0.1, 0.15) is 5.75 Å². The van der Waals surface area contributed by atoms with Crippen LogP contribution in [0.2, 0.25) is 5.02 Å². The van der Waals surface area contributed by atoms with Gasteiger partial charge < -0.3 is 14.8 Å². The summed E-state index contributed by atoms with van der Waals surface area (Å²) >= 11 is 6.03. The van der Waals surface area contributed by atoms with E-state index in [-0.39, 0.29) is 17.4 Å². The van der Waals surface area contributed by atoms with Gasteiger partial charge in [-0.2, -0.15) is 0 Å². The van der Waals surface area contributed by atoms with Crippen LogP contribution in [0.3, 0.4) is 0 Å². The number of benzene rings is 3. The predicted octanol–water partition coefficient (Wildman–Crippen LogP) is 5.95. The monoisotopic (exact) mass is 490 g/mol. The van der Waals surface area contributed by atoms with Crippen LogP contribution < -0.4 is 14.8 Å². The molecule has 0 atom stereocenters. The molecule has 1 N–H and O–H groups in total. The number of carbonyl (C=O) groups is 1. The third-order valence-electron chi connectivity index (χ3n) is 7.11. The molecule has 1 saturated heterocycles. The number of hydrogen-bond donors (Lipinski definition) is 1. The second-order valence-corrected chi connectivity index (χ2v) is 9.95. The Labute approximate surface area is 212 Å². The first-order valence-corrected chi connectivity index (χ1v) is 12.6. The number of methoxy groups -OCH3 is 1. The fourth-order valence-corrected chi connectivity index (χ4v) is 5.02. The van der Waals surface area contributed by atoms with E-state index in [0.717, 1.165) is 56.6 Å². The zero-order chi connectivity index (χ0) is 24.3. The van der Waals surface area contributed by atoms with Crippen molar-refractivity contribution in [1.29, 1.82) is 0 Å². The largest absolute Gasteiger partial charge is 0.493 e. The fourth-order valence-electron chi connectivity index (χ4n) is 4.90. The Morgan fingerprint density at radius 2 is 1.71 bits per heavy atom. The van der Waals surface area contributed by atoms with Crippen molar-refractivity contribution in [3.8, 4) is 17.2 Å². The highest BCUT2D eigenvalue weighted by atomic mass is 35.5. The topological polar surface area (TPSA) is 50.8 Å². The summed E-state index contributed by atoms with van der Waals surface area (Å²) in [7, 11) is 1.65. The van der Waals surface area contributed by atoms with Crippen molar-refractivity contribution >= 4 is 17.5 Å². The lowest BCUT2D eigenvalue weighted by Crippen LogP contribution is -2.47. The summed E-state index contributed by atoms with van der Waals surface area (Å²) in [5, 5.41) is 4.04. The lowest BCUT2D eigenvalue weighted by Gasteiger charge is -2.33. The van der Waals surface area contributed by atoms with E-state index in [4.69, 9.17) is 21.1 Å². The maximum Gasteiger partial charge on any atom is 0.230 e. The summed E-state index contributed by atoms with van der Waals surface area (Å²) in [6.45, 7) is 2.77. The number of hydrogen-bond acceptors (Lipinski definition) is 4. The number of amides is 1. The Morgan fingerprint density at radius 3 is 2.40 bits per heavy atom. The molecule has 1 saturated carbocycles. The number of ether oxygens (including phenoxy) is 2. The highest BCUT2D eigenvalue weighted by Crippen LogP contribution is 2.48.